The zero-order chi connectivity index (χ0) is 15.1. The van der Waals surface area contributed by atoms with Crippen LogP contribution in [0, 0.1) is 0 Å². The lowest BCUT2D eigenvalue weighted by atomic mass is 10.1. The molecule has 0 atom stereocenters. The Kier molecular flexibility index (Phi) is 6.74. The minimum Gasteiger partial charge on any atom is -0.314 e. The zero-order valence-electron chi connectivity index (χ0n) is 13.1. The Morgan fingerprint density at radius 3 is 2.67 bits per heavy atom. The molecule has 0 radical (unpaired) electrons. The van der Waals surface area contributed by atoms with Gasteiger partial charge in [-0.25, -0.2) is 4.98 Å². The number of hydrogen-bond acceptors (Lipinski definition) is 4. The van der Waals surface area contributed by atoms with Gasteiger partial charge < -0.3 is 5.32 Å². The topological polar surface area (TPSA) is 24.9 Å². The summed E-state index contributed by atoms with van der Waals surface area (Å²) in [5.74, 6) is 2.17. The van der Waals surface area contributed by atoms with Gasteiger partial charge in [-0.05, 0) is 12.2 Å². The van der Waals surface area contributed by atoms with E-state index in [4.69, 9.17) is 4.98 Å². The van der Waals surface area contributed by atoms with Crippen molar-refractivity contribution in [1.82, 2.24) is 10.3 Å². The summed E-state index contributed by atoms with van der Waals surface area (Å²) in [6, 6.07) is 11.1. The molecule has 1 aromatic carbocycles. The molecule has 0 unspecified atom stereocenters. The Bertz CT molecular complexity index is 535. The van der Waals surface area contributed by atoms with Crippen molar-refractivity contribution in [3.63, 3.8) is 0 Å². The average Bonchev–Trinajstić information content (AvgIpc) is 2.89. The Hall–Kier alpha value is -0.840. The summed E-state index contributed by atoms with van der Waals surface area (Å²) in [6.45, 7) is 7.59. The van der Waals surface area contributed by atoms with Crippen LogP contribution in [0.3, 0.4) is 0 Å². The lowest BCUT2D eigenvalue weighted by Gasteiger charge is -2.07. The highest BCUT2D eigenvalue weighted by atomic mass is 32.2. The molecule has 1 aromatic heterocycles. The minimum atomic E-state index is 0.535. The van der Waals surface area contributed by atoms with E-state index in [2.05, 4.69) is 56.4 Å². The molecular formula is C17H24N2S2. The van der Waals surface area contributed by atoms with Gasteiger partial charge in [-0.3, -0.25) is 0 Å². The van der Waals surface area contributed by atoms with Gasteiger partial charge in [-0.15, -0.1) is 11.3 Å². The predicted molar refractivity (Wildman–Crippen MR) is 96.2 cm³/mol. The number of thiazole rings is 1. The van der Waals surface area contributed by atoms with E-state index in [9.17, 15) is 0 Å². The number of benzene rings is 1. The van der Waals surface area contributed by atoms with Gasteiger partial charge in [0.1, 0.15) is 5.01 Å². The summed E-state index contributed by atoms with van der Waals surface area (Å²) in [6.07, 6.45) is 1.05. The first-order valence-electron chi connectivity index (χ1n) is 7.55. The normalized spacial score (nSPS) is 11.2. The summed E-state index contributed by atoms with van der Waals surface area (Å²) >= 11 is 3.81. The number of thioether (sulfide) groups is 1. The van der Waals surface area contributed by atoms with Crippen LogP contribution in [0.15, 0.2) is 30.3 Å². The van der Waals surface area contributed by atoms with Crippen molar-refractivity contribution < 1.29 is 0 Å². The highest BCUT2D eigenvalue weighted by Gasteiger charge is 2.12. The van der Waals surface area contributed by atoms with Crippen LogP contribution in [0.1, 0.15) is 30.7 Å². The molecule has 4 heteroatoms. The molecule has 0 bridgehead atoms. The Morgan fingerprint density at radius 2 is 2.00 bits per heavy atom. The van der Waals surface area contributed by atoms with Crippen molar-refractivity contribution in [3.05, 3.63) is 40.2 Å². The number of rotatable bonds is 8. The van der Waals surface area contributed by atoms with E-state index in [1.165, 1.54) is 21.1 Å². The summed E-state index contributed by atoms with van der Waals surface area (Å²) in [4.78, 5) is 6.29. The SMILES string of the molecule is CCSCc1nc(-c2ccccc2)c(CCNC(C)C)s1. The fraction of sp³-hybridized carbons (Fsp3) is 0.471. The molecule has 0 aliphatic rings. The first-order chi connectivity index (χ1) is 10.2. The maximum absolute atomic E-state index is 4.89. The third-order valence-electron chi connectivity index (χ3n) is 3.12. The van der Waals surface area contributed by atoms with Gasteiger partial charge in [0, 0.05) is 28.8 Å². The summed E-state index contributed by atoms with van der Waals surface area (Å²) in [5.41, 5.74) is 2.42. The highest BCUT2D eigenvalue weighted by Crippen LogP contribution is 2.30. The van der Waals surface area contributed by atoms with Gasteiger partial charge in [0.2, 0.25) is 0 Å². The van der Waals surface area contributed by atoms with E-state index in [0.717, 1.165) is 24.5 Å². The molecule has 21 heavy (non-hydrogen) atoms. The number of nitrogens with one attached hydrogen (secondary N) is 1. The van der Waals surface area contributed by atoms with Crippen molar-refractivity contribution in [2.24, 2.45) is 0 Å². The molecule has 0 amide bonds. The molecule has 1 N–H and O–H groups in total. The van der Waals surface area contributed by atoms with E-state index in [1.807, 2.05) is 23.1 Å². The Balaban J connectivity index is 2.17. The average molecular weight is 321 g/mol. The van der Waals surface area contributed by atoms with Gasteiger partial charge in [0.15, 0.2) is 0 Å². The Labute approximate surface area is 136 Å². The lowest BCUT2D eigenvalue weighted by molar-refractivity contribution is 0.592. The van der Waals surface area contributed by atoms with Crippen molar-refractivity contribution in [2.75, 3.05) is 12.3 Å². The van der Waals surface area contributed by atoms with Gasteiger partial charge in [0.25, 0.3) is 0 Å². The number of aromatic nitrogens is 1. The largest absolute Gasteiger partial charge is 0.314 e. The van der Waals surface area contributed by atoms with E-state index < -0.39 is 0 Å². The van der Waals surface area contributed by atoms with Gasteiger partial charge >= 0.3 is 0 Å². The lowest BCUT2D eigenvalue weighted by Crippen LogP contribution is -2.24. The molecule has 0 saturated heterocycles. The smallest absolute Gasteiger partial charge is 0.103 e. The highest BCUT2D eigenvalue weighted by molar-refractivity contribution is 7.98. The maximum Gasteiger partial charge on any atom is 0.103 e. The van der Waals surface area contributed by atoms with Crippen molar-refractivity contribution in [1.29, 1.82) is 0 Å². The van der Waals surface area contributed by atoms with Crippen LogP contribution >= 0.6 is 23.1 Å². The van der Waals surface area contributed by atoms with Crippen LogP contribution in [-0.2, 0) is 12.2 Å². The van der Waals surface area contributed by atoms with Crippen LogP contribution in [0.4, 0.5) is 0 Å². The molecule has 0 aliphatic carbocycles. The van der Waals surface area contributed by atoms with E-state index in [-0.39, 0.29) is 0 Å². The third kappa shape index (κ3) is 5.13. The molecule has 2 aromatic rings. The van der Waals surface area contributed by atoms with E-state index in [0.29, 0.717) is 6.04 Å². The maximum atomic E-state index is 4.89. The first-order valence-corrected chi connectivity index (χ1v) is 9.53. The molecule has 0 spiro atoms. The molecule has 1 heterocycles. The summed E-state index contributed by atoms with van der Waals surface area (Å²) in [5, 5.41) is 4.75. The number of nitrogens with zero attached hydrogens (tertiary/aromatic N) is 1. The van der Waals surface area contributed by atoms with E-state index in [1.54, 1.807) is 0 Å². The van der Waals surface area contributed by atoms with E-state index >= 15 is 0 Å². The second-order valence-corrected chi connectivity index (χ2v) is 7.68. The zero-order valence-corrected chi connectivity index (χ0v) is 14.7. The third-order valence-corrected chi connectivity index (χ3v) is 5.31. The molecule has 0 saturated carbocycles. The number of hydrogen-bond donors (Lipinski definition) is 1. The standard InChI is InChI=1S/C17H24N2S2/c1-4-20-12-16-19-17(14-8-6-5-7-9-14)15(21-16)10-11-18-13(2)3/h5-9,13,18H,4,10-12H2,1-3H3. The fourth-order valence-corrected chi connectivity index (χ4v) is 3.93. The monoisotopic (exact) mass is 320 g/mol. The molecular weight excluding hydrogens is 296 g/mol. The molecule has 0 aliphatic heterocycles. The molecule has 2 rings (SSSR count). The predicted octanol–water partition coefficient (Wildman–Crippen LogP) is 4.60. The quantitative estimate of drug-likeness (QED) is 0.769. The van der Waals surface area contributed by atoms with Crippen molar-refractivity contribution >= 4 is 23.1 Å². The van der Waals surface area contributed by atoms with Crippen LogP contribution in [0.2, 0.25) is 0 Å². The second-order valence-electron chi connectivity index (χ2n) is 5.24. The van der Waals surface area contributed by atoms with Crippen LogP contribution in [0.5, 0.6) is 0 Å². The van der Waals surface area contributed by atoms with Crippen LogP contribution in [0.25, 0.3) is 11.3 Å². The van der Waals surface area contributed by atoms with Crippen molar-refractivity contribution in [2.45, 2.75) is 39.0 Å². The molecule has 114 valence electrons. The van der Waals surface area contributed by atoms with Crippen molar-refractivity contribution in [3.8, 4) is 11.3 Å². The van der Waals surface area contributed by atoms with Crippen LogP contribution in [-0.4, -0.2) is 23.3 Å². The Morgan fingerprint density at radius 1 is 1.24 bits per heavy atom. The molecule has 2 nitrogen and oxygen atoms in total. The minimum absolute atomic E-state index is 0.535. The summed E-state index contributed by atoms with van der Waals surface area (Å²) in [7, 11) is 0. The fourth-order valence-electron chi connectivity index (χ4n) is 2.12. The second kappa shape index (κ2) is 8.57. The summed E-state index contributed by atoms with van der Waals surface area (Å²) < 4.78 is 0. The van der Waals surface area contributed by atoms with Crippen LogP contribution < -0.4 is 5.32 Å². The van der Waals surface area contributed by atoms with Gasteiger partial charge in [-0.1, -0.05) is 51.1 Å². The molecule has 0 fully saturated rings. The first kappa shape index (κ1) is 16.5. The van der Waals surface area contributed by atoms with Gasteiger partial charge in [-0.2, -0.15) is 11.8 Å². The van der Waals surface area contributed by atoms with Gasteiger partial charge in [0.05, 0.1) is 5.69 Å².